The van der Waals surface area contributed by atoms with Crippen molar-refractivity contribution in [1.29, 1.82) is 0 Å². The van der Waals surface area contributed by atoms with Gasteiger partial charge in [-0.3, -0.25) is 0 Å². The monoisotopic (exact) mass is 364 g/mol. The van der Waals surface area contributed by atoms with Crippen molar-refractivity contribution in [1.82, 2.24) is 9.71 Å². The van der Waals surface area contributed by atoms with Crippen molar-refractivity contribution in [3.05, 3.63) is 64.8 Å². The molecule has 4 nitrogen and oxygen atoms in total. The molecule has 1 heterocycles. The third-order valence-electron chi connectivity index (χ3n) is 3.26. The molecule has 0 amide bonds. The van der Waals surface area contributed by atoms with Crippen LogP contribution in [0.15, 0.2) is 64.1 Å². The van der Waals surface area contributed by atoms with Crippen molar-refractivity contribution in [3.63, 3.8) is 0 Å². The molecular weight excluding hydrogens is 352 g/mol. The van der Waals surface area contributed by atoms with Crippen LogP contribution in [0.3, 0.4) is 0 Å². The number of fused-ring (bicyclic) bond motifs is 1. The molecule has 0 bridgehead atoms. The van der Waals surface area contributed by atoms with E-state index in [1.54, 1.807) is 24.3 Å². The molecule has 0 saturated carbocycles. The number of aromatic nitrogens is 1. The first-order chi connectivity index (χ1) is 10.1. The second-order valence-corrected chi connectivity index (χ2v) is 7.20. The second kappa shape index (κ2) is 5.63. The average molecular weight is 365 g/mol. The number of aromatic amines is 1. The Labute approximate surface area is 131 Å². The largest absolute Gasteiger partial charge is 0.361 e. The fraction of sp³-hybridized carbons (Fsp3) is 0.0667. The molecular formula is C15H13BrN2O2S. The number of halogens is 1. The molecule has 0 saturated heterocycles. The lowest BCUT2D eigenvalue weighted by Crippen LogP contribution is -2.23. The summed E-state index contributed by atoms with van der Waals surface area (Å²) in [5.74, 6) is 0. The minimum atomic E-state index is -3.55. The SMILES string of the molecule is O=S(=O)(NCc1cccc2[nH]ccc12)c1ccccc1Br. The first kappa shape index (κ1) is 14.3. The second-order valence-electron chi connectivity index (χ2n) is 4.61. The third kappa shape index (κ3) is 2.88. The highest BCUT2D eigenvalue weighted by molar-refractivity contribution is 9.10. The normalized spacial score (nSPS) is 11.9. The summed E-state index contributed by atoms with van der Waals surface area (Å²) in [6.45, 7) is 0.249. The van der Waals surface area contributed by atoms with Gasteiger partial charge in [-0.25, -0.2) is 13.1 Å². The first-order valence-corrected chi connectivity index (χ1v) is 8.65. The van der Waals surface area contributed by atoms with Gasteiger partial charge < -0.3 is 4.98 Å². The minimum Gasteiger partial charge on any atom is -0.361 e. The fourth-order valence-electron chi connectivity index (χ4n) is 2.22. The molecule has 0 fully saturated rings. The quantitative estimate of drug-likeness (QED) is 0.744. The van der Waals surface area contributed by atoms with Crippen molar-refractivity contribution < 1.29 is 8.42 Å². The molecule has 0 spiro atoms. The van der Waals surface area contributed by atoms with Gasteiger partial charge in [0.2, 0.25) is 10.0 Å². The maximum absolute atomic E-state index is 12.4. The molecule has 0 unspecified atom stereocenters. The smallest absolute Gasteiger partial charge is 0.241 e. The van der Waals surface area contributed by atoms with E-state index >= 15 is 0 Å². The zero-order valence-electron chi connectivity index (χ0n) is 11.0. The lowest BCUT2D eigenvalue weighted by Gasteiger charge is -2.09. The summed E-state index contributed by atoms with van der Waals surface area (Å²) < 4.78 is 27.9. The molecule has 2 N–H and O–H groups in total. The van der Waals surface area contributed by atoms with Gasteiger partial charge in [-0.1, -0.05) is 24.3 Å². The molecule has 0 aliphatic carbocycles. The van der Waals surface area contributed by atoms with Crippen LogP contribution in [0.25, 0.3) is 10.9 Å². The van der Waals surface area contributed by atoms with E-state index in [0.29, 0.717) is 4.47 Å². The molecule has 108 valence electrons. The zero-order valence-corrected chi connectivity index (χ0v) is 13.4. The van der Waals surface area contributed by atoms with Gasteiger partial charge in [0.25, 0.3) is 0 Å². The predicted molar refractivity (Wildman–Crippen MR) is 86.5 cm³/mol. The molecule has 1 aromatic heterocycles. The van der Waals surface area contributed by atoms with E-state index in [1.165, 1.54) is 0 Å². The molecule has 2 aromatic carbocycles. The van der Waals surface area contributed by atoms with E-state index in [4.69, 9.17) is 0 Å². The summed E-state index contributed by atoms with van der Waals surface area (Å²) in [4.78, 5) is 3.36. The van der Waals surface area contributed by atoms with Crippen molar-refractivity contribution in [2.24, 2.45) is 0 Å². The summed E-state index contributed by atoms with van der Waals surface area (Å²) in [6.07, 6.45) is 1.84. The Morgan fingerprint density at radius 1 is 1.05 bits per heavy atom. The predicted octanol–water partition coefficient (Wildman–Crippen LogP) is 3.41. The Balaban J connectivity index is 1.88. The Hall–Kier alpha value is -1.63. The summed E-state index contributed by atoms with van der Waals surface area (Å²) in [5.41, 5.74) is 1.93. The third-order valence-corrected chi connectivity index (χ3v) is 5.68. The van der Waals surface area contributed by atoms with E-state index in [1.807, 2.05) is 30.5 Å². The van der Waals surface area contributed by atoms with Crippen molar-refractivity contribution in [3.8, 4) is 0 Å². The number of sulfonamides is 1. The Morgan fingerprint density at radius 3 is 2.67 bits per heavy atom. The van der Waals surface area contributed by atoms with Crippen LogP contribution in [0.1, 0.15) is 5.56 Å². The zero-order chi connectivity index (χ0) is 14.9. The van der Waals surface area contributed by atoms with Crippen LogP contribution in [0.5, 0.6) is 0 Å². The maximum Gasteiger partial charge on any atom is 0.241 e. The number of rotatable bonds is 4. The Kier molecular flexibility index (Phi) is 3.84. The maximum atomic E-state index is 12.4. The number of hydrogen-bond acceptors (Lipinski definition) is 2. The van der Waals surface area contributed by atoms with Gasteiger partial charge in [0, 0.05) is 28.1 Å². The highest BCUT2D eigenvalue weighted by atomic mass is 79.9. The lowest BCUT2D eigenvalue weighted by molar-refractivity contribution is 0.581. The number of H-pyrrole nitrogens is 1. The number of nitrogens with one attached hydrogen (secondary N) is 2. The van der Waals surface area contributed by atoms with Gasteiger partial charge in [-0.15, -0.1) is 0 Å². The van der Waals surface area contributed by atoms with E-state index in [-0.39, 0.29) is 11.4 Å². The number of benzene rings is 2. The molecule has 6 heteroatoms. The van der Waals surface area contributed by atoms with Crippen molar-refractivity contribution >= 4 is 36.9 Å². The van der Waals surface area contributed by atoms with Crippen LogP contribution in [0, 0.1) is 0 Å². The molecule has 21 heavy (non-hydrogen) atoms. The van der Waals surface area contributed by atoms with Gasteiger partial charge in [0.1, 0.15) is 0 Å². The lowest BCUT2D eigenvalue weighted by atomic mass is 10.1. The topological polar surface area (TPSA) is 62.0 Å². The highest BCUT2D eigenvalue weighted by Crippen LogP contribution is 2.22. The summed E-state index contributed by atoms with van der Waals surface area (Å²) >= 11 is 3.27. The minimum absolute atomic E-state index is 0.242. The van der Waals surface area contributed by atoms with Crippen LogP contribution >= 0.6 is 15.9 Å². The highest BCUT2D eigenvalue weighted by Gasteiger charge is 2.17. The molecule has 0 aliphatic heterocycles. The molecule has 0 radical (unpaired) electrons. The summed E-state index contributed by atoms with van der Waals surface area (Å²) in [7, 11) is -3.55. The molecule has 0 aliphatic rings. The number of hydrogen-bond donors (Lipinski definition) is 2. The van der Waals surface area contributed by atoms with Crippen LogP contribution in [-0.4, -0.2) is 13.4 Å². The average Bonchev–Trinajstić information content (AvgIpc) is 2.94. The Bertz CT molecular complexity index is 887. The standard InChI is InChI=1S/C15H13BrN2O2S/c16-13-5-1-2-7-15(13)21(19,20)18-10-11-4-3-6-14-12(11)8-9-17-14/h1-9,17-18H,10H2. The van der Waals surface area contributed by atoms with E-state index in [9.17, 15) is 8.42 Å². The van der Waals surface area contributed by atoms with Crippen LogP contribution in [0.4, 0.5) is 0 Å². The van der Waals surface area contributed by atoms with E-state index < -0.39 is 10.0 Å². The van der Waals surface area contributed by atoms with Gasteiger partial charge in [-0.2, -0.15) is 0 Å². The van der Waals surface area contributed by atoms with E-state index in [0.717, 1.165) is 16.5 Å². The van der Waals surface area contributed by atoms with Crippen molar-refractivity contribution in [2.75, 3.05) is 0 Å². The Morgan fingerprint density at radius 2 is 1.86 bits per heavy atom. The van der Waals surface area contributed by atoms with E-state index in [2.05, 4.69) is 25.6 Å². The first-order valence-electron chi connectivity index (χ1n) is 6.37. The van der Waals surface area contributed by atoms with Crippen LogP contribution < -0.4 is 4.72 Å². The molecule has 0 atom stereocenters. The van der Waals surface area contributed by atoms with Gasteiger partial charge in [-0.05, 0) is 45.8 Å². The molecule has 3 aromatic rings. The summed E-state index contributed by atoms with van der Waals surface area (Å²) in [6, 6.07) is 14.5. The van der Waals surface area contributed by atoms with Gasteiger partial charge in [0.05, 0.1) is 4.90 Å². The fourth-order valence-corrected chi connectivity index (χ4v) is 4.23. The van der Waals surface area contributed by atoms with Crippen LogP contribution in [0.2, 0.25) is 0 Å². The van der Waals surface area contributed by atoms with Gasteiger partial charge >= 0.3 is 0 Å². The van der Waals surface area contributed by atoms with Crippen molar-refractivity contribution in [2.45, 2.75) is 11.4 Å². The molecule has 3 rings (SSSR count). The van der Waals surface area contributed by atoms with Crippen LogP contribution in [-0.2, 0) is 16.6 Å². The van der Waals surface area contributed by atoms with Gasteiger partial charge in [0.15, 0.2) is 0 Å². The summed E-state index contributed by atoms with van der Waals surface area (Å²) in [5, 5.41) is 1.02.